The van der Waals surface area contributed by atoms with E-state index in [-0.39, 0.29) is 11.5 Å². The molecule has 1 aromatic heterocycles. The average molecular weight is 280 g/mol. The van der Waals surface area contributed by atoms with Crippen LogP contribution in [0.5, 0.6) is 0 Å². The second kappa shape index (κ2) is 5.87. The Bertz CT molecular complexity index is 454. The van der Waals surface area contributed by atoms with Gasteiger partial charge in [0, 0.05) is 24.7 Å². The Labute approximate surface area is 119 Å². The Balaban J connectivity index is 1.88. The standard InChI is InChI=1S/C15H24N2O3/c1-15(2,3)16-10-12-4-5-13(20-12)17-8-6-11(7-9-17)14(18)19/h4-5,11,16H,6-10H2,1-3H3,(H,18,19). The van der Waals surface area contributed by atoms with Crippen molar-refractivity contribution in [1.29, 1.82) is 0 Å². The summed E-state index contributed by atoms with van der Waals surface area (Å²) in [6, 6.07) is 3.96. The molecule has 5 heteroatoms. The van der Waals surface area contributed by atoms with Crippen LogP contribution in [0, 0.1) is 5.92 Å². The predicted octanol–water partition coefficient (Wildman–Crippen LogP) is 2.47. The Morgan fingerprint density at radius 3 is 2.60 bits per heavy atom. The lowest BCUT2D eigenvalue weighted by molar-refractivity contribution is -0.142. The number of hydrogen-bond donors (Lipinski definition) is 2. The zero-order valence-electron chi connectivity index (χ0n) is 12.5. The lowest BCUT2D eigenvalue weighted by Crippen LogP contribution is -2.36. The minimum atomic E-state index is -0.681. The Morgan fingerprint density at radius 1 is 1.40 bits per heavy atom. The third kappa shape index (κ3) is 4.00. The highest BCUT2D eigenvalue weighted by atomic mass is 16.4. The molecular weight excluding hydrogens is 256 g/mol. The summed E-state index contributed by atoms with van der Waals surface area (Å²) in [6.07, 6.45) is 1.37. The first-order valence-corrected chi connectivity index (χ1v) is 7.17. The average Bonchev–Trinajstić information content (AvgIpc) is 2.84. The van der Waals surface area contributed by atoms with Gasteiger partial charge in [0.1, 0.15) is 5.76 Å². The molecule has 5 nitrogen and oxygen atoms in total. The van der Waals surface area contributed by atoms with E-state index in [4.69, 9.17) is 9.52 Å². The largest absolute Gasteiger partial charge is 0.481 e. The monoisotopic (exact) mass is 280 g/mol. The molecule has 0 aromatic carbocycles. The van der Waals surface area contributed by atoms with Gasteiger partial charge in [-0.3, -0.25) is 4.79 Å². The van der Waals surface area contributed by atoms with Gasteiger partial charge >= 0.3 is 5.97 Å². The number of nitrogens with zero attached hydrogens (tertiary/aromatic N) is 1. The van der Waals surface area contributed by atoms with Crippen LogP contribution in [-0.2, 0) is 11.3 Å². The van der Waals surface area contributed by atoms with Gasteiger partial charge in [-0.25, -0.2) is 0 Å². The number of carboxylic acids is 1. The summed E-state index contributed by atoms with van der Waals surface area (Å²) in [6.45, 7) is 8.55. The second-order valence-electron chi connectivity index (χ2n) is 6.44. The summed E-state index contributed by atoms with van der Waals surface area (Å²) < 4.78 is 5.83. The van der Waals surface area contributed by atoms with E-state index in [0.29, 0.717) is 19.4 Å². The van der Waals surface area contributed by atoms with Gasteiger partial charge in [-0.05, 0) is 39.7 Å². The van der Waals surface area contributed by atoms with E-state index in [1.165, 1.54) is 0 Å². The van der Waals surface area contributed by atoms with Gasteiger partial charge < -0.3 is 19.7 Å². The van der Waals surface area contributed by atoms with Crippen LogP contribution in [0.15, 0.2) is 16.5 Å². The highest BCUT2D eigenvalue weighted by Crippen LogP contribution is 2.25. The lowest BCUT2D eigenvalue weighted by Gasteiger charge is -2.29. The molecule has 0 unspecified atom stereocenters. The van der Waals surface area contributed by atoms with Gasteiger partial charge in [0.15, 0.2) is 5.88 Å². The summed E-state index contributed by atoms with van der Waals surface area (Å²) >= 11 is 0. The molecule has 0 saturated carbocycles. The van der Waals surface area contributed by atoms with Crippen LogP contribution < -0.4 is 10.2 Å². The molecule has 0 atom stereocenters. The molecule has 1 fully saturated rings. The van der Waals surface area contributed by atoms with Crippen molar-refractivity contribution in [2.24, 2.45) is 5.92 Å². The van der Waals surface area contributed by atoms with Crippen LogP contribution in [-0.4, -0.2) is 29.7 Å². The van der Waals surface area contributed by atoms with Crippen molar-refractivity contribution in [2.75, 3.05) is 18.0 Å². The summed E-state index contributed by atoms with van der Waals surface area (Å²) in [7, 11) is 0. The first-order valence-electron chi connectivity index (χ1n) is 7.17. The van der Waals surface area contributed by atoms with Crippen molar-refractivity contribution in [3.05, 3.63) is 17.9 Å². The van der Waals surface area contributed by atoms with Gasteiger partial charge in [-0.1, -0.05) is 0 Å². The summed E-state index contributed by atoms with van der Waals surface area (Å²) in [4.78, 5) is 13.1. The highest BCUT2D eigenvalue weighted by molar-refractivity contribution is 5.70. The fourth-order valence-corrected chi connectivity index (χ4v) is 2.33. The maximum atomic E-state index is 10.9. The number of aliphatic carboxylic acids is 1. The Morgan fingerprint density at radius 2 is 2.05 bits per heavy atom. The predicted molar refractivity (Wildman–Crippen MR) is 77.9 cm³/mol. The van der Waals surface area contributed by atoms with E-state index in [2.05, 4.69) is 31.0 Å². The molecule has 0 radical (unpaired) electrons. The first kappa shape index (κ1) is 14.9. The van der Waals surface area contributed by atoms with Crippen molar-refractivity contribution in [3.8, 4) is 0 Å². The number of carboxylic acid groups (broad SMARTS) is 1. The summed E-state index contributed by atoms with van der Waals surface area (Å²) in [5, 5.41) is 12.4. The SMILES string of the molecule is CC(C)(C)NCc1ccc(N2CCC(C(=O)O)CC2)o1. The molecular formula is C15H24N2O3. The van der Waals surface area contributed by atoms with Gasteiger partial charge in [-0.2, -0.15) is 0 Å². The zero-order chi connectivity index (χ0) is 14.8. The normalized spacial score (nSPS) is 17.4. The number of furan rings is 1. The molecule has 2 N–H and O–H groups in total. The number of nitrogens with one attached hydrogen (secondary N) is 1. The van der Waals surface area contributed by atoms with Crippen molar-refractivity contribution in [1.82, 2.24) is 5.32 Å². The molecule has 112 valence electrons. The smallest absolute Gasteiger partial charge is 0.306 e. The maximum Gasteiger partial charge on any atom is 0.306 e. The number of carbonyl (C=O) groups is 1. The van der Waals surface area contributed by atoms with Gasteiger partial charge in [0.25, 0.3) is 0 Å². The minimum Gasteiger partial charge on any atom is -0.481 e. The molecule has 1 saturated heterocycles. The van der Waals surface area contributed by atoms with E-state index < -0.39 is 5.97 Å². The summed E-state index contributed by atoms with van der Waals surface area (Å²) in [5.74, 6) is 0.872. The molecule has 2 heterocycles. The molecule has 1 aliphatic rings. The highest BCUT2D eigenvalue weighted by Gasteiger charge is 2.25. The van der Waals surface area contributed by atoms with E-state index in [1.54, 1.807) is 0 Å². The van der Waals surface area contributed by atoms with Crippen LogP contribution in [0.2, 0.25) is 0 Å². The first-order chi connectivity index (χ1) is 9.35. The fraction of sp³-hybridized carbons (Fsp3) is 0.667. The molecule has 1 aromatic rings. The minimum absolute atomic E-state index is 0.0623. The van der Waals surface area contributed by atoms with Crippen LogP contribution >= 0.6 is 0 Å². The number of piperidine rings is 1. The second-order valence-corrected chi connectivity index (χ2v) is 6.44. The van der Waals surface area contributed by atoms with E-state index in [1.807, 2.05) is 12.1 Å². The molecule has 20 heavy (non-hydrogen) atoms. The molecule has 0 spiro atoms. The van der Waals surface area contributed by atoms with Crippen molar-refractivity contribution < 1.29 is 14.3 Å². The molecule has 0 amide bonds. The Hall–Kier alpha value is -1.49. The fourth-order valence-electron chi connectivity index (χ4n) is 2.33. The Kier molecular flexibility index (Phi) is 4.38. The van der Waals surface area contributed by atoms with Gasteiger partial charge in [0.05, 0.1) is 12.5 Å². The maximum absolute atomic E-state index is 10.9. The van der Waals surface area contributed by atoms with Gasteiger partial charge in [0.2, 0.25) is 0 Å². The lowest BCUT2D eigenvalue weighted by atomic mass is 9.97. The van der Waals surface area contributed by atoms with Crippen molar-refractivity contribution in [2.45, 2.75) is 45.7 Å². The quantitative estimate of drug-likeness (QED) is 0.887. The van der Waals surface area contributed by atoms with Crippen molar-refractivity contribution >= 4 is 11.9 Å². The third-order valence-electron chi connectivity index (χ3n) is 3.60. The van der Waals surface area contributed by atoms with E-state index >= 15 is 0 Å². The van der Waals surface area contributed by atoms with Crippen LogP contribution in [0.4, 0.5) is 5.88 Å². The summed E-state index contributed by atoms with van der Waals surface area (Å²) in [5.41, 5.74) is 0.0623. The number of anilines is 1. The van der Waals surface area contributed by atoms with Crippen molar-refractivity contribution in [3.63, 3.8) is 0 Å². The molecule has 0 bridgehead atoms. The molecule has 2 rings (SSSR count). The third-order valence-corrected chi connectivity index (χ3v) is 3.60. The topological polar surface area (TPSA) is 65.7 Å². The molecule has 0 aliphatic carbocycles. The van der Waals surface area contributed by atoms with Crippen LogP contribution in [0.3, 0.4) is 0 Å². The van der Waals surface area contributed by atoms with E-state index in [9.17, 15) is 4.79 Å². The molecule has 1 aliphatic heterocycles. The van der Waals surface area contributed by atoms with Crippen LogP contribution in [0.25, 0.3) is 0 Å². The van der Waals surface area contributed by atoms with Crippen LogP contribution in [0.1, 0.15) is 39.4 Å². The number of rotatable bonds is 4. The van der Waals surface area contributed by atoms with Gasteiger partial charge in [-0.15, -0.1) is 0 Å². The van der Waals surface area contributed by atoms with E-state index in [0.717, 1.165) is 24.7 Å². The zero-order valence-corrected chi connectivity index (χ0v) is 12.5. The number of hydrogen-bond acceptors (Lipinski definition) is 4.